The SMILES string of the molecule is CN=C(NCc1c(OC)cc(OC)cc1OC)N1CCN(c2ccccc2O)CC1. The fourth-order valence-electron chi connectivity index (χ4n) is 3.64. The number of anilines is 1. The number of nitrogens with zero attached hydrogens (tertiary/aromatic N) is 3. The molecule has 1 aliphatic rings. The van der Waals surface area contributed by atoms with Crippen molar-refractivity contribution in [3.63, 3.8) is 0 Å². The zero-order valence-electron chi connectivity index (χ0n) is 18.0. The summed E-state index contributed by atoms with van der Waals surface area (Å²) in [5, 5.41) is 13.5. The zero-order chi connectivity index (χ0) is 21.5. The number of para-hydroxylation sites is 2. The van der Waals surface area contributed by atoms with Crippen molar-refractivity contribution in [3.05, 3.63) is 42.0 Å². The number of hydrogen-bond acceptors (Lipinski definition) is 6. The fraction of sp³-hybridized carbons (Fsp3) is 0.409. The van der Waals surface area contributed by atoms with E-state index < -0.39 is 0 Å². The molecule has 0 bridgehead atoms. The van der Waals surface area contributed by atoms with E-state index in [4.69, 9.17) is 14.2 Å². The summed E-state index contributed by atoms with van der Waals surface area (Å²) in [6.45, 7) is 3.69. The van der Waals surface area contributed by atoms with Crippen LogP contribution in [0.4, 0.5) is 5.69 Å². The molecular weight excluding hydrogens is 384 g/mol. The molecule has 1 fully saturated rings. The molecule has 1 aliphatic heterocycles. The van der Waals surface area contributed by atoms with Crippen LogP contribution < -0.4 is 24.4 Å². The maximum atomic E-state index is 10.1. The Balaban J connectivity index is 1.66. The molecule has 0 aromatic heterocycles. The Morgan fingerprint density at radius 1 is 1.00 bits per heavy atom. The maximum absolute atomic E-state index is 10.1. The van der Waals surface area contributed by atoms with Crippen LogP contribution in [0.15, 0.2) is 41.4 Å². The van der Waals surface area contributed by atoms with Crippen LogP contribution in [0.1, 0.15) is 5.56 Å². The number of methoxy groups -OCH3 is 3. The Morgan fingerprint density at radius 3 is 2.17 bits per heavy atom. The number of hydrogen-bond donors (Lipinski definition) is 2. The van der Waals surface area contributed by atoms with Crippen molar-refractivity contribution < 1.29 is 19.3 Å². The van der Waals surface area contributed by atoms with E-state index in [9.17, 15) is 5.11 Å². The van der Waals surface area contributed by atoms with Crippen LogP contribution in [0.2, 0.25) is 0 Å². The number of aliphatic imine (C=N–C) groups is 1. The smallest absolute Gasteiger partial charge is 0.194 e. The number of piperazine rings is 1. The summed E-state index contributed by atoms with van der Waals surface area (Å²) in [5.74, 6) is 3.19. The van der Waals surface area contributed by atoms with Crippen LogP contribution in [-0.2, 0) is 6.54 Å². The van der Waals surface area contributed by atoms with Crippen molar-refractivity contribution in [1.29, 1.82) is 0 Å². The normalized spacial score (nSPS) is 14.5. The molecule has 2 aromatic carbocycles. The highest BCUT2D eigenvalue weighted by Gasteiger charge is 2.22. The van der Waals surface area contributed by atoms with Crippen LogP contribution >= 0.6 is 0 Å². The quantitative estimate of drug-likeness (QED) is 0.555. The zero-order valence-corrected chi connectivity index (χ0v) is 18.0. The summed E-state index contributed by atoms with van der Waals surface area (Å²) in [6, 6.07) is 11.1. The van der Waals surface area contributed by atoms with Crippen LogP contribution in [0.5, 0.6) is 23.0 Å². The number of phenolic OH excluding ortho intramolecular Hbond substituents is 1. The van der Waals surface area contributed by atoms with E-state index in [0.29, 0.717) is 29.5 Å². The highest BCUT2D eigenvalue weighted by atomic mass is 16.5. The van der Waals surface area contributed by atoms with E-state index in [1.54, 1.807) is 34.4 Å². The van der Waals surface area contributed by atoms with Gasteiger partial charge in [-0.1, -0.05) is 12.1 Å². The van der Waals surface area contributed by atoms with Gasteiger partial charge in [-0.2, -0.15) is 0 Å². The lowest BCUT2D eigenvalue weighted by Gasteiger charge is -2.37. The Kier molecular flexibility index (Phi) is 7.11. The molecule has 0 aliphatic carbocycles. The molecule has 0 atom stereocenters. The molecule has 1 heterocycles. The second-order valence-corrected chi connectivity index (χ2v) is 6.87. The van der Waals surface area contributed by atoms with Gasteiger partial charge in [-0.05, 0) is 12.1 Å². The van der Waals surface area contributed by atoms with Crippen molar-refractivity contribution in [2.45, 2.75) is 6.54 Å². The standard InChI is InChI=1S/C22H30N4O4/c1-23-22(24-15-17-20(29-3)13-16(28-2)14-21(17)30-4)26-11-9-25(10-12-26)18-7-5-6-8-19(18)27/h5-8,13-14,27H,9-12,15H2,1-4H3,(H,23,24). The van der Waals surface area contributed by atoms with Gasteiger partial charge in [0, 0.05) is 45.4 Å². The Labute approximate surface area is 177 Å². The maximum Gasteiger partial charge on any atom is 0.194 e. The summed E-state index contributed by atoms with van der Waals surface area (Å²) < 4.78 is 16.4. The third-order valence-corrected chi connectivity index (χ3v) is 5.25. The van der Waals surface area contributed by atoms with Gasteiger partial charge in [-0.3, -0.25) is 4.99 Å². The molecule has 0 unspecified atom stereocenters. The summed E-state index contributed by atoms with van der Waals surface area (Å²) in [5.41, 5.74) is 1.77. The van der Waals surface area contributed by atoms with Crippen molar-refractivity contribution in [2.75, 3.05) is 59.5 Å². The van der Waals surface area contributed by atoms with Crippen molar-refractivity contribution in [3.8, 4) is 23.0 Å². The first kappa shape index (κ1) is 21.4. The van der Waals surface area contributed by atoms with E-state index in [0.717, 1.165) is 43.4 Å². The van der Waals surface area contributed by atoms with Gasteiger partial charge in [0.1, 0.15) is 23.0 Å². The Hall–Kier alpha value is -3.29. The molecule has 1 saturated heterocycles. The van der Waals surface area contributed by atoms with Gasteiger partial charge in [0.05, 0.1) is 39.1 Å². The molecule has 8 nitrogen and oxygen atoms in total. The summed E-state index contributed by atoms with van der Waals surface area (Å²) in [4.78, 5) is 8.84. The minimum atomic E-state index is 0.312. The lowest BCUT2D eigenvalue weighted by Crippen LogP contribution is -2.52. The van der Waals surface area contributed by atoms with Gasteiger partial charge >= 0.3 is 0 Å². The molecule has 30 heavy (non-hydrogen) atoms. The summed E-state index contributed by atoms with van der Waals surface area (Å²) in [7, 11) is 6.65. The number of guanidine groups is 1. The molecule has 162 valence electrons. The van der Waals surface area contributed by atoms with Gasteiger partial charge in [0.25, 0.3) is 0 Å². The van der Waals surface area contributed by atoms with Crippen LogP contribution in [0.25, 0.3) is 0 Å². The van der Waals surface area contributed by atoms with Crippen LogP contribution in [-0.4, -0.2) is 70.5 Å². The molecule has 0 spiro atoms. The molecule has 0 radical (unpaired) electrons. The first-order valence-corrected chi connectivity index (χ1v) is 9.88. The number of benzene rings is 2. The molecule has 2 aromatic rings. The lowest BCUT2D eigenvalue weighted by molar-refractivity contribution is 0.361. The molecule has 3 rings (SSSR count). The summed E-state index contributed by atoms with van der Waals surface area (Å²) >= 11 is 0. The minimum absolute atomic E-state index is 0.312. The predicted octanol–water partition coefficient (Wildman–Crippen LogP) is 2.32. The molecule has 0 amide bonds. The number of aromatic hydroxyl groups is 1. The van der Waals surface area contributed by atoms with Gasteiger partial charge in [0.2, 0.25) is 0 Å². The Morgan fingerprint density at radius 2 is 1.63 bits per heavy atom. The minimum Gasteiger partial charge on any atom is -0.506 e. The average Bonchev–Trinajstić information content (AvgIpc) is 2.79. The number of ether oxygens (including phenoxy) is 3. The van der Waals surface area contributed by atoms with Gasteiger partial charge < -0.3 is 34.4 Å². The fourth-order valence-corrected chi connectivity index (χ4v) is 3.64. The van der Waals surface area contributed by atoms with Crippen LogP contribution in [0.3, 0.4) is 0 Å². The third kappa shape index (κ3) is 4.64. The van der Waals surface area contributed by atoms with Gasteiger partial charge in [0.15, 0.2) is 5.96 Å². The predicted molar refractivity (Wildman–Crippen MR) is 118 cm³/mol. The van der Waals surface area contributed by atoms with E-state index in [1.165, 1.54) is 0 Å². The van der Waals surface area contributed by atoms with Crippen LogP contribution in [0, 0.1) is 0 Å². The number of phenols is 1. The first-order valence-electron chi connectivity index (χ1n) is 9.88. The van der Waals surface area contributed by atoms with E-state index >= 15 is 0 Å². The second kappa shape index (κ2) is 9.96. The lowest BCUT2D eigenvalue weighted by atomic mass is 10.1. The highest BCUT2D eigenvalue weighted by molar-refractivity contribution is 5.80. The molecule has 2 N–H and O–H groups in total. The first-order chi connectivity index (χ1) is 14.6. The second-order valence-electron chi connectivity index (χ2n) is 6.87. The van der Waals surface area contributed by atoms with Crippen molar-refractivity contribution in [1.82, 2.24) is 10.2 Å². The monoisotopic (exact) mass is 414 g/mol. The molecule has 8 heteroatoms. The van der Waals surface area contributed by atoms with E-state index in [1.807, 2.05) is 30.3 Å². The van der Waals surface area contributed by atoms with Gasteiger partial charge in [-0.15, -0.1) is 0 Å². The highest BCUT2D eigenvalue weighted by Crippen LogP contribution is 2.34. The van der Waals surface area contributed by atoms with E-state index in [2.05, 4.69) is 20.1 Å². The van der Waals surface area contributed by atoms with Crippen molar-refractivity contribution in [2.24, 2.45) is 4.99 Å². The number of rotatable bonds is 6. The van der Waals surface area contributed by atoms with E-state index in [-0.39, 0.29) is 0 Å². The summed E-state index contributed by atoms with van der Waals surface area (Å²) in [6.07, 6.45) is 0. The molecular formula is C22H30N4O4. The largest absolute Gasteiger partial charge is 0.506 e. The molecule has 0 saturated carbocycles. The Bertz CT molecular complexity index is 854. The van der Waals surface area contributed by atoms with Crippen molar-refractivity contribution >= 4 is 11.6 Å². The number of nitrogens with one attached hydrogen (secondary N) is 1. The van der Waals surface area contributed by atoms with Gasteiger partial charge in [-0.25, -0.2) is 0 Å². The topological polar surface area (TPSA) is 78.8 Å². The average molecular weight is 415 g/mol. The third-order valence-electron chi connectivity index (χ3n) is 5.25.